The summed E-state index contributed by atoms with van der Waals surface area (Å²) in [5.41, 5.74) is 3.15. The number of carbonyl (C=O) groups is 1. The van der Waals surface area contributed by atoms with Crippen LogP contribution in [0, 0.1) is 13.8 Å². The van der Waals surface area contributed by atoms with E-state index in [0.29, 0.717) is 18.1 Å². The van der Waals surface area contributed by atoms with Gasteiger partial charge in [0.25, 0.3) is 0 Å². The van der Waals surface area contributed by atoms with E-state index < -0.39 is 12.3 Å². The number of ether oxygens (including phenoxy) is 1. The maximum Gasteiger partial charge on any atom is 0.416 e. The number of rotatable bonds is 5. The smallest absolute Gasteiger partial charge is 0.365 e. The van der Waals surface area contributed by atoms with Gasteiger partial charge in [0, 0.05) is 36.8 Å². The highest BCUT2D eigenvalue weighted by atomic mass is 32.1. The molecule has 1 N–H and O–H groups in total. The Labute approximate surface area is 182 Å². The molecule has 1 aliphatic heterocycles. The van der Waals surface area contributed by atoms with Gasteiger partial charge in [-0.1, -0.05) is 11.3 Å². The number of pyridine rings is 1. The molecule has 0 unspecified atom stereocenters. The number of halogens is 3. The Hall–Kier alpha value is -2.20. The molecule has 0 radical (unpaired) electrons. The minimum atomic E-state index is -4.41. The van der Waals surface area contributed by atoms with Gasteiger partial charge >= 0.3 is 6.18 Å². The van der Waals surface area contributed by atoms with E-state index in [1.165, 1.54) is 18.3 Å². The number of hydrogen-bond acceptors (Lipinski definition) is 6. The molecule has 10 heteroatoms. The first-order valence-electron chi connectivity index (χ1n) is 10.2. The highest BCUT2D eigenvalue weighted by Gasteiger charge is 2.46. The van der Waals surface area contributed by atoms with Crippen molar-refractivity contribution in [3.63, 3.8) is 0 Å². The first-order valence-corrected chi connectivity index (χ1v) is 11.0. The highest BCUT2D eigenvalue weighted by molar-refractivity contribution is 7.19. The van der Waals surface area contributed by atoms with Gasteiger partial charge in [0.05, 0.1) is 23.7 Å². The van der Waals surface area contributed by atoms with Crippen LogP contribution in [0.4, 0.5) is 18.3 Å². The molecule has 3 heterocycles. The van der Waals surface area contributed by atoms with Gasteiger partial charge in [-0.3, -0.25) is 9.78 Å². The number of morpholine rings is 1. The van der Waals surface area contributed by atoms with Crippen LogP contribution in [0.25, 0.3) is 10.4 Å². The second-order valence-electron chi connectivity index (χ2n) is 8.40. The lowest BCUT2D eigenvalue weighted by Crippen LogP contribution is -2.49. The lowest BCUT2D eigenvalue weighted by Gasteiger charge is -2.33. The van der Waals surface area contributed by atoms with Crippen molar-refractivity contribution in [1.82, 2.24) is 15.3 Å². The predicted molar refractivity (Wildman–Crippen MR) is 112 cm³/mol. The first-order chi connectivity index (χ1) is 14.5. The topological polar surface area (TPSA) is 67.4 Å². The Balaban J connectivity index is 1.69. The van der Waals surface area contributed by atoms with Gasteiger partial charge in [-0.25, -0.2) is 4.98 Å². The summed E-state index contributed by atoms with van der Waals surface area (Å²) < 4.78 is 44.6. The van der Waals surface area contributed by atoms with Crippen LogP contribution in [-0.2, 0) is 16.0 Å². The average molecular weight is 455 g/mol. The molecule has 2 aromatic heterocycles. The number of hydrogen-bond donors (Lipinski definition) is 1. The number of nitrogens with one attached hydrogen (secondary N) is 1. The Morgan fingerprint density at radius 1 is 1.29 bits per heavy atom. The minimum Gasteiger partial charge on any atom is -0.365 e. The zero-order valence-electron chi connectivity index (χ0n) is 17.7. The van der Waals surface area contributed by atoms with Crippen LogP contribution < -0.4 is 10.2 Å². The van der Waals surface area contributed by atoms with E-state index in [1.54, 1.807) is 4.90 Å². The van der Waals surface area contributed by atoms with E-state index >= 15 is 0 Å². The second kappa shape index (κ2) is 8.05. The van der Waals surface area contributed by atoms with Crippen molar-refractivity contribution in [2.45, 2.75) is 57.9 Å². The number of anilines is 1. The molecule has 2 aliphatic rings. The van der Waals surface area contributed by atoms with Crippen molar-refractivity contribution in [2.24, 2.45) is 0 Å². The van der Waals surface area contributed by atoms with Crippen molar-refractivity contribution in [1.29, 1.82) is 0 Å². The van der Waals surface area contributed by atoms with E-state index in [-0.39, 0.29) is 24.6 Å². The molecule has 0 aromatic carbocycles. The van der Waals surface area contributed by atoms with Crippen molar-refractivity contribution in [2.75, 3.05) is 24.6 Å². The average Bonchev–Trinajstić information content (AvgIpc) is 3.27. The second-order valence-corrected chi connectivity index (χ2v) is 9.37. The van der Waals surface area contributed by atoms with Crippen LogP contribution in [0.5, 0.6) is 0 Å². The molecule has 1 saturated carbocycles. The van der Waals surface area contributed by atoms with E-state index in [2.05, 4.69) is 10.3 Å². The molecular weight excluding hydrogens is 429 g/mol. The van der Waals surface area contributed by atoms with Gasteiger partial charge in [0.1, 0.15) is 0 Å². The molecule has 6 nitrogen and oxygen atoms in total. The van der Waals surface area contributed by atoms with Gasteiger partial charge in [-0.15, -0.1) is 0 Å². The SMILES string of the molecule is CC(=O)NC1(Cc2nc(N3CCO[C@@H](C(F)(F)F)C3)sc2-c2cc(C)nc(C)c2)CC1. The van der Waals surface area contributed by atoms with Crippen molar-refractivity contribution >= 4 is 22.4 Å². The maximum atomic E-state index is 13.2. The quantitative estimate of drug-likeness (QED) is 0.745. The lowest BCUT2D eigenvalue weighted by atomic mass is 10.0. The van der Waals surface area contributed by atoms with Gasteiger partial charge in [-0.2, -0.15) is 13.2 Å². The molecule has 0 spiro atoms. The Morgan fingerprint density at radius 2 is 1.97 bits per heavy atom. The highest BCUT2D eigenvalue weighted by Crippen LogP contribution is 2.44. The number of alkyl halides is 3. The summed E-state index contributed by atoms with van der Waals surface area (Å²) in [6.07, 6.45) is -3.96. The third-order valence-corrected chi connectivity index (χ3v) is 6.74. The third kappa shape index (κ3) is 5.01. The van der Waals surface area contributed by atoms with E-state index in [1.807, 2.05) is 26.0 Å². The van der Waals surface area contributed by atoms with Gasteiger partial charge in [-0.05, 0) is 44.4 Å². The predicted octanol–water partition coefficient (Wildman–Crippen LogP) is 3.80. The molecule has 2 aromatic rings. The summed E-state index contributed by atoms with van der Waals surface area (Å²) in [5.74, 6) is -0.0914. The maximum absolute atomic E-state index is 13.2. The third-order valence-electron chi connectivity index (χ3n) is 5.53. The fourth-order valence-electron chi connectivity index (χ4n) is 4.00. The summed E-state index contributed by atoms with van der Waals surface area (Å²) in [5, 5.41) is 3.58. The number of aryl methyl sites for hydroxylation is 2. The number of nitrogens with zero attached hydrogens (tertiary/aromatic N) is 3. The Bertz CT molecular complexity index is 967. The first kappa shape index (κ1) is 22.0. The molecule has 1 saturated heterocycles. The van der Waals surface area contributed by atoms with E-state index in [4.69, 9.17) is 9.72 Å². The van der Waals surface area contributed by atoms with Crippen molar-refractivity contribution < 1.29 is 22.7 Å². The van der Waals surface area contributed by atoms with Crippen LogP contribution in [0.3, 0.4) is 0 Å². The van der Waals surface area contributed by atoms with Gasteiger partial charge in [0.2, 0.25) is 5.91 Å². The van der Waals surface area contributed by atoms with Crippen LogP contribution in [-0.4, -0.2) is 53.4 Å². The van der Waals surface area contributed by atoms with Gasteiger partial charge < -0.3 is 15.0 Å². The fraction of sp³-hybridized carbons (Fsp3) is 0.571. The lowest BCUT2D eigenvalue weighted by molar-refractivity contribution is -0.221. The van der Waals surface area contributed by atoms with Gasteiger partial charge in [0.15, 0.2) is 11.2 Å². The van der Waals surface area contributed by atoms with Crippen LogP contribution >= 0.6 is 11.3 Å². The zero-order chi connectivity index (χ0) is 22.4. The summed E-state index contributed by atoms with van der Waals surface area (Å²) >= 11 is 1.39. The zero-order valence-corrected chi connectivity index (χ0v) is 18.5. The monoisotopic (exact) mass is 454 g/mol. The van der Waals surface area contributed by atoms with Crippen molar-refractivity contribution in [3.8, 4) is 10.4 Å². The molecule has 31 heavy (non-hydrogen) atoms. The summed E-state index contributed by atoms with van der Waals surface area (Å²) in [7, 11) is 0. The molecule has 4 rings (SSSR count). The number of aromatic nitrogens is 2. The van der Waals surface area contributed by atoms with Crippen LogP contribution in [0.1, 0.15) is 36.8 Å². The molecule has 168 valence electrons. The summed E-state index contributed by atoms with van der Waals surface area (Å²) in [6, 6.07) is 3.92. The molecule has 2 fully saturated rings. The number of carbonyl (C=O) groups excluding carboxylic acids is 1. The minimum absolute atomic E-state index is 0.00226. The molecular formula is C21H25F3N4O2S. The Kier molecular flexibility index (Phi) is 5.72. The van der Waals surface area contributed by atoms with Crippen LogP contribution in [0.2, 0.25) is 0 Å². The number of amides is 1. The van der Waals surface area contributed by atoms with E-state index in [9.17, 15) is 18.0 Å². The summed E-state index contributed by atoms with van der Waals surface area (Å²) in [6.45, 7) is 5.39. The van der Waals surface area contributed by atoms with Crippen LogP contribution in [0.15, 0.2) is 12.1 Å². The number of thiazole rings is 1. The molecule has 1 amide bonds. The standard InChI is InChI=1S/C21H25F3N4O2S/c1-12-8-15(9-13(2)25-12)18-16(10-20(4-5-20)27-14(3)29)26-19(31-18)28-6-7-30-17(11-28)21(22,23)24/h8-9,17H,4-7,10-11H2,1-3H3,(H,27,29)/t17-/m1/s1. The summed E-state index contributed by atoms with van der Waals surface area (Å²) in [4.78, 5) is 23.4. The fourth-order valence-corrected chi connectivity index (χ4v) is 5.10. The largest absolute Gasteiger partial charge is 0.416 e. The molecule has 0 bridgehead atoms. The Morgan fingerprint density at radius 3 is 2.55 bits per heavy atom. The molecule has 1 aliphatic carbocycles. The normalized spacial score (nSPS) is 20.6. The molecule has 1 atom stereocenters. The van der Waals surface area contributed by atoms with Crippen molar-refractivity contribution in [3.05, 3.63) is 29.2 Å². The van der Waals surface area contributed by atoms with E-state index in [0.717, 1.165) is 40.4 Å².